The maximum Gasteiger partial charge on any atom is 0.256 e. The van der Waals surface area contributed by atoms with E-state index in [1.165, 1.54) is 0 Å². The van der Waals surface area contributed by atoms with E-state index in [9.17, 15) is 4.79 Å². The fourth-order valence-corrected chi connectivity index (χ4v) is 2.67. The minimum Gasteiger partial charge on any atom is -0.392 e. The highest BCUT2D eigenvalue weighted by molar-refractivity contribution is 7.80. The van der Waals surface area contributed by atoms with Crippen LogP contribution in [0.4, 0.5) is 0 Å². The third-order valence-electron chi connectivity index (χ3n) is 3.40. The van der Waals surface area contributed by atoms with Gasteiger partial charge in [0.2, 0.25) is 0 Å². The van der Waals surface area contributed by atoms with Crippen molar-refractivity contribution in [3.8, 4) is 0 Å². The van der Waals surface area contributed by atoms with E-state index in [0.717, 1.165) is 24.2 Å². The fraction of sp³-hybridized carbons (Fsp3) is 0.538. The van der Waals surface area contributed by atoms with E-state index in [1.807, 2.05) is 13.8 Å². The summed E-state index contributed by atoms with van der Waals surface area (Å²) >= 11 is 5.04. The average molecular weight is 278 g/mol. The van der Waals surface area contributed by atoms with Crippen LogP contribution < -0.4 is 5.73 Å². The number of likely N-dealkylation sites (tertiary alicyclic amines) is 1. The Hall–Kier alpha value is -1.56. The maximum atomic E-state index is 12.6. The lowest BCUT2D eigenvalue weighted by atomic mass is 10.1. The molecule has 2 heterocycles. The first kappa shape index (κ1) is 13.9. The van der Waals surface area contributed by atoms with E-state index in [2.05, 4.69) is 10.2 Å². The lowest BCUT2D eigenvalue weighted by Gasteiger charge is -2.24. The summed E-state index contributed by atoms with van der Waals surface area (Å²) in [7, 11) is 0. The van der Waals surface area contributed by atoms with Gasteiger partial charge in [0.05, 0.1) is 28.0 Å². The number of aryl methyl sites for hydroxylation is 2. The summed E-state index contributed by atoms with van der Waals surface area (Å²) in [5.41, 5.74) is 7.81. The number of hydrogen-bond acceptors (Lipinski definition) is 4. The van der Waals surface area contributed by atoms with Gasteiger partial charge in [-0.15, -0.1) is 0 Å². The highest BCUT2D eigenvalue weighted by Gasteiger charge is 2.32. The van der Waals surface area contributed by atoms with Crippen molar-refractivity contribution >= 4 is 23.1 Å². The van der Waals surface area contributed by atoms with Gasteiger partial charge >= 0.3 is 0 Å². The van der Waals surface area contributed by atoms with Gasteiger partial charge in [-0.25, -0.2) is 0 Å². The highest BCUT2D eigenvalue weighted by Crippen LogP contribution is 2.21. The first-order valence-electron chi connectivity index (χ1n) is 6.48. The number of nitrogens with zero attached hydrogens (tertiary/aromatic N) is 3. The molecule has 0 saturated carbocycles. The molecule has 1 atom stereocenters. The Bertz CT molecular complexity index is 517. The molecule has 1 aromatic rings. The summed E-state index contributed by atoms with van der Waals surface area (Å²) in [6.07, 6.45) is 2.46. The van der Waals surface area contributed by atoms with Crippen molar-refractivity contribution in [3.05, 3.63) is 23.0 Å². The van der Waals surface area contributed by atoms with Gasteiger partial charge in [0, 0.05) is 6.54 Å². The first-order chi connectivity index (χ1) is 9.04. The Morgan fingerprint density at radius 2 is 2.32 bits per heavy atom. The molecule has 1 fully saturated rings. The van der Waals surface area contributed by atoms with E-state index >= 15 is 0 Å². The van der Waals surface area contributed by atoms with Crippen molar-refractivity contribution in [1.29, 1.82) is 0 Å². The van der Waals surface area contributed by atoms with Gasteiger partial charge < -0.3 is 10.6 Å². The van der Waals surface area contributed by atoms with Crippen LogP contribution in [-0.4, -0.2) is 38.6 Å². The van der Waals surface area contributed by atoms with Crippen LogP contribution in [0.5, 0.6) is 0 Å². The molecular weight excluding hydrogens is 260 g/mol. The Morgan fingerprint density at radius 1 is 1.58 bits per heavy atom. The third kappa shape index (κ3) is 2.73. The van der Waals surface area contributed by atoms with Crippen LogP contribution in [0.2, 0.25) is 0 Å². The molecule has 19 heavy (non-hydrogen) atoms. The van der Waals surface area contributed by atoms with Gasteiger partial charge in [0.1, 0.15) is 0 Å². The average Bonchev–Trinajstić information content (AvgIpc) is 2.87. The zero-order valence-electron chi connectivity index (χ0n) is 11.2. The summed E-state index contributed by atoms with van der Waals surface area (Å²) in [4.78, 5) is 14.8. The summed E-state index contributed by atoms with van der Waals surface area (Å²) < 4.78 is 0. The molecule has 0 aliphatic carbocycles. The predicted octanol–water partition coefficient (Wildman–Crippen LogP) is 1.24. The quantitative estimate of drug-likeness (QED) is 0.842. The largest absolute Gasteiger partial charge is 0.392 e. The van der Waals surface area contributed by atoms with Crippen LogP contribution in [-0.2, 0) is 6.42 Å². The van der Waals surface area contributed by atoms with Crippen LogP contribution in [0.15, 0.2) is 6.07 Å². The van der Waals surface area contributed by atoms with Crippen LogP contribution in [0.25, 0.3) is 0 Å². The fourth-order valence-electron chi connectivity index (χ4n) is 2.42. The van der Waals surface area contributed by atoms with Gasteiger partial charge in [0.25, 0.3) is 5.91 Å². The Balaban J connectivity index is 2.33. The zero-order chi connectivity index (χ0) is 14.0. The normalized spacial score (nSPS) is 18.6. The second-order valence-corrected chi connectivity index (χ2v) is 5.23. The van der Waals surface area contributed by atoms with Crippen molar-refractivity contribution in [1.82, 2.24) is 15.1 Å². The third-order valence-corrected chi connectivity index (χ3v) is 3.67. The number of hydrogen-bond donors (Lipinski definition) is 1. The van der Waals surface area contributed by atoms with Gasteiger partial charge in [-0.2, -0.15) is 10.2 Å². The minimum atomic E-state index is -0.124. The lowest BCUT2D eigenvalue weighted by Crippen LogP contribution is -2.43. The van der Waals surface area contributed by atoms with Crippen LogP contribution in [0, 0.1) is 6.92 Å². The van der Waals surface area contributed by atoms with E-state index in [1.54, 1.807) is 11.0 Å². The summed E-state index contributed by atoms with van der Waals surface area (Å²) in [5.74, 6) is -0.0369. The van der Waals surface area contributed by atoms with E-state index in [4.69, 9.17) is 18.0 Å². The number of amides is 1. The summed E-state index contributed by atoms with van der Waals surface area (Å²) in [6, 6.07) is 1.67. The Morgan fingerprint density at radius 3 is 2.95 bits per heavy atom. The van der Waals surface area contributed by atoms with E-state index < -0.39 is 0 Å². The predicted molar refractivity (Wildman–Crippen MR) is 77.0 cm³/mol. The molecule has 0 radical (unpaired) electrons. The summed E-state index contributed by atoms with van der Waals surface area (Å²) in [6.45, 7) is 4.49. The minimum absolute atomic E-state index is 0.0369. The SMILES string of the molecule is CCc1nnc(C)cc1C(=O)N1CCCC1C(N)=S. The number of rotatable bonds is 3. The second-order valence-electron chi connectivity index (χ2n) is 4.76. The van der Waals surface area contributed by atoms with E-state index in [0.29, 0.717) is 23.5 Å². The number of aromatic nitrogens is 2. The molecule has 0 spiro atoms. The number of thiocarbonyl (C=S) groups is 1. The molecule has 1 unspecified atom stereocenters. The molecule has 5 nitrogen and oxygen atoms in total. The van der Waals surface area contributed by atoms with Crippen LogP contribution in [0.1, 0.15) is 41.5 Å². The molecule has 2 rings (SSSR count). The summed E-state index contributed by atoms with van der Waals surface area (Å²) in [5, 5.41) is 8.10. The Kier molecular flexibility index (Phi) is 4.09. The van der Waals surface area contributed by atoms with Crippen LogP contribution >= 0.6 is 12.2 Å². The van der Waals surface area contributed by atoms with Gasteiger partial charge in [-0.3, -0.25) is 4.79 Å². The number of nitrogens with two attached hydrogens (primary N) is 1. The highest BCUT2D eigenvalue weighted by atomic mass is 32.1. The van der Waals surface area contributed by atoms with Crippen molar-refractivity contribution in [2.24, 2.45) is 5.73 Å². The molecule has 1 saturated heterocycles. The maximum absolute atomic E-state index is 12.6. The van der Waals surface area contributed by atoms with Crippen molar-refractivity contribution in [3.63, 3.8) is 0 Å². The van der Waals surface area contributed by atoms with Gasteiger partial charge in [-0.05, 0) is 32.3 Å². The molecular formula is C13H18N4OS. The molecule has 6 heteroatoms. The monoisotopic (exact) mass is 278 g/mol. The van der Waals surface area contributed by atoms with Crippen molar-refractivity contribution in [2.75, 3.05) is 6.54 Å². The Labute approximate surface area is 118 Å². The topological polar surface area (TPSA) is 72.1 Å². The number of carbonyl (C=O) groups is 1. The molecule has 0 bridgehead atoms. The zero-order valence-corrected chi connectivity index (χ0v) is 12.0. The molecule has 1 aliphatic heterocycles. The lowest BCUT2D eigenvalue weighted by molar-refractivity contribution is 0.0768. The smallest absolute Gasteiger partial charge is 0.256 e. The first-order valence-corrected chi connectivity index (χ1v) is 6.89. The molecule has 2 N–H and O–H groups in total. The van der Waals surface area contributed by atoms with Crippen molar-refractivity contribution in [2.45, 2.75) is 39.2 Å². The van der Waals surface area contributed by atoms with Gasteiger partial charge in [0.15, 0.2) is 0 Å². The van der Waals surface area contributed by atoms with E-state index in [-0.39, 0.29) is 11.9 Å². The standard InChI is InChI=1S/C13H18N4OS/c1-3-10-9(7-8(2)15-16-10)13(18)17-6-4-5-11(17)12(14)19/h7,11H,3-6H2,1-2H3,(H2,14,19). The molecule has 102 valence electrons. The van der Waals surface area contributed by atoms with Crippen LogP contribution in [0.3, 0.4) is 0 Å². The second kappa shape index (κ2) is 5.61. The van der Waals surface area contributed by atoms with Crippen molar-refractivity contribution < 1.29 is 4.79 Å². The molecule has 1 aliphatic rings. The number of carbonyl (C=O) groups excluding carboxylic acids is 1. The molecule has 1 aromatic heterocycles. The van der Waals surface area contributed by atoms with Gasteiger partial charge in [-0.1, -0.05) is 19.1 Å². The molecule has 0 aromatic carbocycles. The molecule has 1 amide bonds.